The van der Waals surface area contributed by atoms with Gasteiger partial charge in [0, 0.05) is 0 Å². The van der Waals surface area contributed by atoms with Crippen molar-refractivity contribution in [1.82, 2.24) is 0 Å². The number of nitrogens with zero attached hydrogens (tertiary/aromatic N) is 2. The van der Waals surface area contributed by atoms with Gasteiger partial charge in [-0.1, -0.05) is 0 Å². The average molecular weight is 272 g/mol. The molecule has 0 heterocycles. The van der Waals surface area contributed by atoms with Crippen LogP contribution in [-0.4, -0.2) is 23.3 Å². The zero-order chi connectivity index (χ0) is 14.5. The first-order chi connectivity index (χ1) is 9.60. The summed E-state index contributed by atoms with van der Waals surface area (Å²) < 4.78 is 4.55. The molecule has 2 N–H and O–H groups in total. The number of esters is 1. The van der Waals surface area contributed by atoms with Crippen molar-refractivity contribution >= 4 is 17.3 Å². The number of rotatable bonds is 3. The predicted molar refractivity (Wildman–Crippen MR) is 71.7 cm³/mol. The standard InChI is InChI=1S/C14H12N2O4/c1-20-14(19)12-8-10(4-7-13(12)18)16-15-9-2-5-11(17)6-3-9/h2-8,17-18H,1H3. The maximum absolute atomic E-state index is 11.4. The molecule has 6 heteroatoms. The highest BCUT2D eigenvalue weighted by molar-refractivity contribution is 5.93. The molecule has 6 nitrogen and oxygen atoms in total. The molecule has 0 spiro atoms. The van der Waals surface area contributed by atoms with Gasteiger partial charge in [0.05, 0.1) is 18.5 Å². The Labute approximate surface area is 115 Å². The number of azo groups is 1. The fourth-order valence-electron chi connectivity index (χ4n) is 1.49. The normalized spacial score (nSPS) is 10.7. The average Bonchev–Trinajstić information content (AvgIpc) is 2.47. The summed E-state index contributed by atoms with van der Waals surface area (Å²) in [5, 5.41) is 26.6. The van der Waals surface area contributed by atoms with Crippen molar-refractivity contribution < 1.29 is 19.7 Å². The zero-order valence-corrected chi connectivity index (χ0v) is 10.6. The summed E-state index contributed by atoms with van der Waals surface area (Å²) in [6, 6.07) is 10.4. The molecule has 0 aliphatic carbocycles. The second-order valence-electron chi connectivity index (χ2n) is 3.91. The lowest BCUT2D eigenvalue weighted by Gasteiger charge is -2.02. The van der Waals surface area contributed by atoms with Gasteiger partial charge in [0.25, 0.3) is 0 Å². The highest BCUT2D eigenvalue weighted by Gasteiger charge is 2.11. The van der Waals surface area contributed by atoms with Crippen molar-refractivity contribution in [2.75, 3.05) is 7.11 Å². The fourth-order valence-corrected chi connectivity index (χ4v) is 1.49. The summed E-state index contributed by atoms with van der Waals surface area (Å²) in [5.74, 6) is -0.689. The van der Waals surface area contributed by atoms with Gasteiger partial charge in [-0.2, -0.15) is 10.2 Å². The quantitative estimate of drug-likeness (QED) is 0.662. The zero-order valence-electron chi connectivity index (χ0n) is 10.6. The van der Waals surface area contributed by atoms with Gasteiger partial charge >= 0.3 is 5.97 Å². The lowest BCUT2D eigenvalue weighted by Crippen LogP contribution is -2.00. The van der Waals surface area contributed by atoms with Gasteiger partial charge in [-0.25, -0.2) is 4.79 Å². The molecule has 0 saturated heterocycles. The van der Waals surface area contributed by atoms with E-state index in [1.807, 2.05) is 0 Å². The SMILES string of the molecule is COC(=O)c1cc(N=Nc2ccc(O)cc2)ccc1O. The summed E-state index contributed by atoms with van der Waals surface area (Å²) in [5.41, 5.74) is 0.974. The number of carbonyl (C=O) groups excluding carboxylic acids is 1. The third-order valence-electron chi connectivity index (χ3n) is 2.52. The molecule has 0 aromatic heterocycles. The lowest BCUT2D eigenvalue weighted by molar-refractivity contribution is 0.0597. The number of phenols is 2. The first-order valence-electron chi connectivity index (χ1n) is 5.72. The molecule has 0 bridgehead atoms. The second kappa shape index (κ2) is 5.83. The van der Waals surface area contributed by atoms with Crippen molar-refractivity contribution in [3.63, 3.8) is 0 Å². The van der Waals surface area contributed by atoms with Gasteiger partial charge in [0.1, 0.15) is 17.1 Å². The Hall–Kier alpha value is -2.89. The fraction of sp³-hybridized carbons (Fsp3) is 0.0714. The number of methoxy groups -OCH3 is 1. The van der Waals surface area contributed by atoms with E-state index in [9.17, 15) is 9.90 Å². The molecule has 2 rings (SSSR count). The van der Waals surface area contributed by atoms with Crippen LogP contribution in [0, 0.1) is 0 Å². The van der Waals surface area contributed by atoms with E-state index in [4.69, 9.17) is 5.11 Å². The van der Waals surface area contributed by atoms with Crippen LogP contribution in [0.4, 0.5) is 11.4 Å². The molecule has 2 aromatic carbocycles. The smallest absolute Gasteiger partial charge is 0.341 e. The summed E-state index contributed by atoms with van der Waals surface area (Å²) in [6.45, 7) is 0. The number of ether oxygens (including phenoxy) is 1. The Bertz CT molecular complexity index is 651. The Kier molecular flexibility index (Phi) is 3.95. The van der Waals surface area contributed by atoms with Crippen molar-refractivity contribution in [3.8, 4) is 11.5 Å². The number of hydrogen-bond acceptors (Lipinski definition) is 6. The van der Waals surface area contributed by atoms with Crippen molar-refractivity contribution in [3.05, 3.63) is 48.0 Å². The number of hydrogen-bond donors (Lipinski definition) is 2. The van der Waals surface area contributed by atoms with Crippen LogP contribution in [0.3, 0.4) is 0 Å². The van der Waals surface area contributed by atoms with E-state index in [0.29, 0.717) is 11.4 Å². The number of carbonyl (C=O) groups is 1. The van der Waals surface area contributed by atoms with E-state index in [1.165, 1.54) is 37.4 Å². The van der Waals surface area contributed by atoms with Crippen LogP contribution < -0.4 is 0 Å². The van der Waals surface area contributed by atoms with Crippen LogP contribution in [-0.2, 0) is 4.74 Å². The Morgan fingerprint density at radius 1 is 1.00 bits per heavy atom. The third kappa shape index (κ3) is 3.11. The van der Waals surface area contributed by atoms with E-state index in [0.717, 1.165) is 0 Å². The molecule has 0 aliphatic rings. The molecule has 0 saturated carbocycles. The molecule has 20 heavy (non-hydrogen) atoms. The van der Waals surface area contributed by atoms with E-state index in [2.05, 4.69) is 15.0 Å². The van der Waals surface area contributed by atoms with E-state index >= 15 is 0 Å². The highest BCUT2D eigenvalue weighted by atomic mass is 16.5. The largest absolute Gasteiger partial charge is 0.508 e. The van der Waals surface area contributed by atoms with Crippen LogP contribution in [0.5, 0.6) is 11.5 Å². The molecule has 2 aromatic rings. The Balaban J connectivity index is 2.25. The number of aromatic hydroxyl groups is 2. The minimum Gasteiger partial charge on any atom is -0.508 e. The topological polar surface area (TPSA) is 91.5 Å². The Morgan fingerprint density at radius 3 is 2.25 bits per heavy atom. The predicted octanol–water partition coefficient (Wildman–Crippen LogP) is 3.30. The molecular weight excluding hydrogens is 260 g/mol. The summed E-state index contributed by atoms with van der Waals surface area (Å²) in [6.07, 6.45) is 0. The molecule has 0 aliphatic heterocycles. The van der Waals surface area contributed by atoms with Crippen LogP contribution in [0.1, 0.15) is 10.4 Å². The van der Waals surface area contributed by atoms with Gasteiger partial charge < -0.3 is 14.9 Å². The molecule has 0 amide bonds. The first-order valence-corrected chi connectivity index (χ1v) is 5.72. The number of phenolic OH excluding ortho intramolecular Hbond substituents is 2. The van der Waals surface area contributed by atoms with E-state index < -0.39 is 5.97 Å². The molecule has 0 atom stereocenters. The van der Waals surface area contributed by atoms with Crippen molar-refractivity contribution in [2.24, 2.45) is 10.2 Å². The molecule has 0 unspecified atom stereocenters. The molecule has 102 valence electrons. The Morgan fingerprint density at radius 2 is 1.60 bits per heavy atom. The lowest BCUT2D eigenvalue weighted by atomic mass is 10.2. The maximum Gasteiger partial charge on any atom is 0.341 e. The van der Waals surface area contributed by atoms with Gasteiger partial charge in [0.15, 0.2) is 0 Å². The van der Waals surface area contributed by atoms with Crippen LogP contribution in [0.15, 0.2) is 52.7 Å². The summed E-state index contributed by atoms with van der Waals surface area (Å²) >= 11 is 0. The highest BCUT2D eigenvalue weighted by Crippen LogP contribution is 2.26. The molecular formula is C14H12N2O4. The van der Waals surface area contributed by atoms with Crippen molar-refractivity contribution in [2.45, 2.75) is 0 Å². The van der Waals surface area contributed by atoms with Gasteiger partial charge in [-0.05, 0) is 42.5 Å². The van der Waals surface area contributed by atoms with Crippen LogP contribution >= 0.6 is 0 Å². The van der Waals surface area contributed by atoms with E-state index in [-0.39, 0.29) is 17.1 Å². The second-order valence-corrected chi connectivity index (χ2v) is 3.91. The minimum atomic E-state index is -0.649. The molecule has 0 radical (unpaired) electrons. The third-order valence-corrected chi connectivity index (χ3v) is 2.52. The van der Waals surface area contributed by atoms with Gasteiger partial charge in [-0.15, -0.1) is 0 Å². The van der Waals surface area contributed by atoms with E-state index in [1.54, 1.807) is 12.1 Å². The molecule has 0 fully saturated rings. The maximum atomic E-state index is 11.4. The summed E-state index contributed by atoms with van der Waals surface area (Å²) in [4.78, 5) is 11.4. The van der Waals surface area contributed by atoms with Gasteiger partial charge in [-0.3, -0.25) is 0 Å². The first kappa shape index (κ1) is 13.5. The van der Waals surface area contributed by atoms with Crippen molar-refractivity contribution in [1.29, 1.82) is 0 Å². The van der Waals surface area contributed by atoms with Crippen LogP contribution in [0.2, 0.25) is 0 Å². The minimum absolute atomic E-state index is 0.0228. The number of benzene rings is 2. The van der Waals surface area contributed by atoms with Gasteiger partial charge in [0.2, 0.25) is 0 Å². The van der Waals surface area contributed by atoms with Crippen LogP contribution in [0.25, 0.3) is 0 Å². The monoisotopic (exact) mass is 272 g/mol. The summed E-state index contributed by atoms with van der Waals surface area (Å²) in [7, 11) is 1.23.